The van der Waals surface area contributed by atoms with Gasteiger partial charge in [0, 0.05) is 5.56 Å². The first-order chi connectivity index (χ1) is 15.2. The number of aromatic hydroxyl groups is 1. The van der Waals surface area contributed by atoms with Crippen LogP contribution in [0.3, 0.4) is 0 Å². The standard InChI is InChI=1S/C25H31NO5S/c1-15-16(2)23-20(17(3)22(15)28)10-11-25(4,31-23)13-30-19-8-6-18(7-9-19)12-21(32-5)24(29)26-14-27/h6-9,14,21,28H,10-13H2,1-5H3,(H,26,27,29). The number of carbonyl (C=O) groups excluding carboxylic acids is 2. The van der Waals surface area contributed by atoms with E-state index in [0.29, 0.717) is 25.2 Å². The van der Waals surface area contributed by atoms with Crippen molar-refractivity contribution in [3.05, 3.63) is 52.1 Å². The fraction of sp³-hybridized carbons (Fsp3) is 0.440. The molecule has 0 saturated carbocycles. The maximum atomic E-state index is 11.9. The van der Waals surface area contributed by atoms with Crippen molar-refractivity contribution in [2.45, 2.75) is 57.8 Å². The van der Waals surface area contributed by atoms with Gasteiger partial charge in [-0.3, -0.25) is 14.9 Å². The zero-order valence-electron chi connectivity index (χ0n) is 19.3. The zero-order chi connectivity index (χ0) is 23.5. The third-order valence-electron chi connectivity index (χ3n) is 6.26. The number of rotatable bonds is 8. The number of hydrogen-bond donors (Lipinski definition) is 2. The molecule has 0 bridgehead atoms. The van der Waals surface area contributed by atoms with Gasteiger partial charge < -0.3 is 14.6 Å². The molecule has 7 heteroatoms. The molecule has 2 aromatic rings. The number of fused-ring (bicyclic) bond motifs is 1. The number of phenols is 1. The second kappa shape index (κ2) is 9.86. The number of benzene rings is 2. The molecule has 172 valence electrons. The van der Waals surface area contributed by atoms with Crippen molar-refractivity contribution in [2.24, 2.45) is 0 Å². The SMILES string of the molecule is CSC(Cc1ccc(OCC2(C)CCc3c(C)c(O)c(C)c(C)c3O2)cc1)C(=O)NC=O. The summed E-state index contributed by atoms with van der Waals surface area (Å²) in [7, 11) is 0. The van der Waals surface area contributed by atoms with E-state index in [1.54, 1.807) is 0 Å². The van der Waals surface area contributed by atoms with Gasteiger partial charge in [-0.15, -0.1) is 0 Å². The van der Waals surface area contributed by atoms with Crippen molar-refractivity contribution in [2.75, 3.05) is 12.9 Å². The molecule has 1 aliphatic heterocycles. The fourth-order valence-electron chi connectivity index (χ4n) is 4.00. The highest BCUT2D eigenvalue weighted by molar-refractivity contribution is 7.99. The summed E-state index contributed by atoms with van der Waals surface area (Å²) in [4.78, 5) is 22.4. The Kier molecular flexibility index (Phi) is 7.39. The van der Waals surface area contributed by atoms with Gasteiger partial charge in [-0.05, 0) is 87.6 Å². The summed E-state index contributed by atoms with van der Waals surface area (Å²) in [5, 5.41) is 12.3. The van der Waals surface area contributed by atoms with E-state index in [9.17, 15) is 14.7 Å². The van der Waals surface area contributed by atoms with Crippen molar-refractivity contribution in [1.82, 2.24) is 5.32 Å². The number of carbonyl (C=O) groups is 2. The lowest BCUT2D eigenvalue weighted by Crippen LogP contribution is -2.42. The van der Waals surface area contributed by atoms with Gasteiger partial charge in [0.25, 0.3) is 0 Å². The van der Waals surface area contributed by atoms with Gasteiger partial charge in [-0.1, -0.05) is 12.1 Å². The molecule has 0 spiro atoms. The lowest BCUT2D eigenvalue weighted by atomic mass is 9.87. The third kappa shape index (κ3) is 5.04. The van der Waals surface area contributed by atoms with Crippen LogP contribution in [0.1, 0.15) is 41.2 Å². The van der Waals surface area contributed by atoms with E-state index in [2.05, 4.69) is 12.2 Å². The Hall–Kier alpha value is -2.67. The normalized spacial score (nSPS) is 18.3. The Bertz CT molecular complexity index is 1000. The Balaban J connectivity index is 1.65. The van der Waals surface area contributed by atoms with Gasteiger partial charge >= 0.3 is 0 Å². The molecular weight excluding hydrogens is 426 g/mol. The molecule has 0 aliphatic carbocycles. The largest absolute Gasteiger partial charge is 0.507 e. The average Bonchev–Trinajstić information content (AvgIpc) is 2.79. The van der Waals surface area contributed by atoms with Gasteiger partial charge in [0.05, 0.1) is 5.25 Å². The quantitative estimate of drug-likeness (QED) is 0.583. The van der Waals surface area contributed by atoms with Crippen LogP contribution in [0.25, 0.3) is 0 Å². The minimum absolute atomic E-state index is 0.287. The molecular formula is C25H31NO5S. The lowest BCUT2D eigenvalue weighted by Gasteiger charge is -2.37. The van der Waals surface area contributed by atoms with Crippen LogP contribution in [0, 0.1) is 20.8 Å². The van der Waals surface area contributed by atoms with Crippen LogP contribution in [0.5, 0.6) is 17.2 Å². The highest BCUT2D eigenvalue weighted by Crippen LogP contribution is 2.43. The minimum atomic E-state index is -0.469. The van der Waals surface area contributed by atoms with Gasteiger partial charge in [0.15, 0.2) is 0 Å². The first-order valence-corrected chi connectivity index (χ1v) is 12.0. The number of nitrogens with one attached hydrogen (secondary N) is 1. The van der Waals surface area contributed by atoms with E-state index in [4.69, 9.17) is 9.47 Å². The smallest absolute Gasteiger partial charge is 0.239 e. The number of phenolic OH excluding ortho intramolecular Hbond substituents is 1. The Labute approximate surface area is 193 Å². The summed E-state index contributed by atoms with van der Waals surface area (Å²) < 4.78 is 12.5. The Morgan fingerprint density at radius 2 is 1.94 bits per heavy atom. The van der Waals surface area contributed by atoms with E-state index in [1.807, 2.05) is 51.3 Å². The second-order valence-electron chi connectivity index (χ2n) is 8.57. The Morgan fingerprint density at radius 3 is 2.56 bits per heavy atom. The van der Waals surface area contributed by atoms with Gasteiger partial charge in [0.2, 0.25) is 12.3 Å². The van der Waals surface area contributed by atoms with E-state index >= 15 is 0 Å². The molecule has 1 heterocycles. The summed E-state index contributed by atoms with van der Waals surface area (Å²) in [6.45, 7) is 8.29. The molecule has 32 heavy (non-hydrogen) atoms. The van der Waals surface area contributed by atoms with Crippen LogP contribution in [0.2, 0.25) is 0 Å². The second-order valence-corrected chi connectivity index (χ2v) is 9.61. The molecule has 0 fully saturated rings. The van der Waals surface area contributed by atoms with Crippen molar-refractivity contribution >= 4 is 24.1 Å². The van der Waals surface area contributed by atoms with Crippen LogP contribution < -0.4 is 14.8 Å². The predicted molar refractivity (Wildman–Crippen MR) is 127 cm³/mol. The summed E-state index contributed by atoms with van der Waals surface area (Å²) in [6.07, 6.45) is 4.42. The molecule has 2 N–H and O–H groups in total. The van der Waals surface area contributed by atoms with E-state index < -0.39 is 5.60 Å². The summed E-state index contributed by atoms with van der Waals surface area (Å²) in [5.41, 5.74) is 4.32. The van der Waals surface area contributed by atoms with Crippen LogP contribution in [0.4, 0.5) is 0 Å². The number of ether oxygens (including phenoxy) is 2. The maximum Gasteiger partial charge on any atom is 0.239 e. The first kappa shape index (κ1) is 24.0. The zero-order valence-corrected chi connectivity index (χ0v) is 20.1. The minimum Gasteiger partial charge on any atom is -0.507 e. The predicted octanol–water partition coefficient (Wildman–Crippen LogP) is 4.03. The molecule has 2 atom stereocenters. The van der Waals surface area contributed by atoms with Crippen molar-refractivity contribution in [1.29, 1.82) is 0 Å². The first-order valence-electron chi connectivity index (χ1n) is 10.7. The topological polar surface area (TPSA) is 84.9 Å². The van der Waals surface area contributed by atoms with E-state index in [1.165, 1.54) is 11.8 Å². The molecule has 2 aromatic carbocycles. The molecule has 3 rings (SSSR count). The van der Waals surface area contributed by atoms with Crippen molar-refractivity contribution in [3.63, 3.8) is 0 Å². The third-order valence-corrected chi connectivity index (χ3v) is 7.21. The summed E-state index contributed by atoms with van der Waals surface area (Å²) >= 11 is 1.41. The molecule has 1 aliphatic rings. The molecule has 2 unspecified atom stereocenters. The van der Waals surface area contributed by atoms with E-state index in [-0.39, 0.29) is 11.2 Å². The fourth-order valence-corrected chi connectivity index (χ4v) is 4.64. The highest BCUT2D eigenvalue weighted by Gasteiger charge is 2.35. The molecule has 0 saturated heterocycles. The van der Waals surface area contributed by atoms with Gasteiger partial charge in [-0.2, -0.15) is 11.8 Å². The van der Waals surface area contributed by atoms with Crippen molar-refractivity contribution in [3.8, 4) is 17.2 Å². The van der Waals surface area contributed by atoms with Gasteiger partial charge in [-0.25, -0.2) is 0 Å². The number of amides is 2. The average molecular weight is 458 g/mol. The lowest BCUT2D eigenvalue weighted by molar-refractivity contribution is -0.124. The molecule has 6 nitrogen and oxygen atoms in total. The van der Waals surface area contributed by atoms with Crippen LogP contribution >= 0.6 is 11.8 Å². The molecule has 2 amide bonds. The van der Waals surface area contributed by atoms with Crippen molar-refractivity contribution < 1.29 is 24.2 Å². The van der Waals surface area contributed by atoms with Crippen LogP contribution in [-0.2, 0) is 22.4 Å². The number of hydrogen-bond acceptors (Lipinski definition) is 6. The maximum absolute atomic E-state index is 11.9. The number of thioether (sulfide) groups is 1. The molecule has 0 radical (unpaired) electrons. The highest BCUT2D eigenvalue weighted by atomic mass is 32.2. The van der Waals surface area contributed by atoms with Crippen LogP contribution in [0.15, 0.2) is 24.3 Å². The Morgan fingerprint density at radius 1 is 1.25 bits per heavy atom. The van der Waals surface area contributed by atoms with Crippen LogP contribution in [-0.4, -0.2) is 41.1 Å². The number of imide groups is 1. The summed E-state index contributed by atoms with van der Waals surface area (Å²) in [5.74, 6) is 1.67. The van der Waals surface area contributed by atoms with Gasteiger partial charge in [0.1, 0.15) is 29.5 Å². The monoisotopic (exact) mass is 457 g/mol. The molecule has 0 aromatic heterocycles. The summed E-state index contributed by atoms with van der Waals surface area (Å²) in [6, 6.07) is 7.65. The van der Waals surface area contributed by atoms with E-state index in [0.717, 1.165) is 52.2 Å².